The van der Waals surface area contributed by atoms with Gasteiger partial charge in [-0.15, -0.1) is 0 Å². The number of halogens is 2. The molecule has 0 radical (unpaired) electrons. The monoisotopic (exact) mass is 403 g/mol. The summed E-state index contributed by atoms with van der Waals surface area (Å²) >= 11 is 11.4. The smallest absolute Gasteiger partial charge is 0.314 e. The standard InChI is InChI=1S/C21H19Cl2NO3/c1-14(2)18(12-20(22)23)21(25)27-19(13-24)15-7-6-10-17(11-15)26-16-8-4-3-5-9-16/h3-12,14,18-19H,1-2H3. The second-order valence-corrected chi connectivity index (χ2v) is 7.17. The molecule has 0 N–H and O–H groups in total. The number of benzene rings is 2. The molecule has 2 aromatic rings. The van der Waals surface area contributed by atoms with Crippen molar-refractivity contribution in [2.75, 3.05) is 0 Å². The van der Waals surface area contributed by atoms with Crippen LogP contribution in [0.2, 0.25) is 0 Å². The average Bonchev–Trinajstić information content (AvgIpc) is 2.64. The molecule has 0 spiro atoms. The van der Waals surface area contributed by atoms with Crippen molar-refractivity contribution in [3.63, 3.8) is 0 Å². The maximum Gasteiger partial charge on any atom is 0.314 e. The van der Waals surface area contributed by atoms with E-state index < -0.39 is 18.0 Å². The first-order chi connectivity index (χ1) is 12.9. The zero-order chi connectivity index (χ0) is 19.8. The number of rotatable bonds is 7. The molecule has 0 aliphatic heterocycles. The molecule has 0 fully saturated rings. The van der Waals surface area contributed by atoms with Crippen LogP contribution in [0.4, 0.5) is 0 Å². The Hall–Kier alpha value is -2.48. The molecule has 0 heterocycles. The highest BCUT2D eigenvalue weighted by atomic mass is 35.5. The zero-order valence-electron chi connectivity index (χ0n) is 14.9. The molecule has 0 amide bonds. The van der Waals surface area contributed by atoms with Gasteiger partial charge in [0.05, 0.1) is 5.92 Å². The maximum absolute atomic E-state index is 12.5. The van der Waals surface area contributed by atoms with Crippen LogP contribution in [0.5, 0.6) is 11.5 Å². The lowest BCUT2D eigenvalue weighted by atomic mass is 9.96. The summed E-state index contributed by atoms with van der Waals surface area (Å²) in [7, 11) is 0. The Bertz CT molecular complexity index is 840. The Balaban J connectivity index is 2.17. The van der Waals surface area contributed by atoms with Crippen LogP contribution in [0.15, 0.2) is 65.2 Å². The van der Waals surface area contributed by atoms with Crippen LogP contribution in [0.25, 0.3) is 0 Å². The molecule has 0 aliphatic rings. The van der Waals surface area contributed by atoms with E-state index >= 15 is 0 Å². The van der Waals surface area contributed by atoms with Gasteiger partial charge in [-0.2, -0.15) is 5.26 Å². The molecule has 0 aliphatic carbocycles. The fraction of sp³-hybridized carbons (Fsp3) is 0.238. The van der Waals surface area contributed by atoms with Crippen molar-refractivity contribution in [1.29, 1.82) is 5.26 Å². The molecule has 2 atom stereocenters. The minimum absolute atomic E-state index is 0.0163. The van der Waals surface area contributed by atoms with Crippen LogP contribution >= 0.6 is 23.2 Å². The van der Waals surface area contributed by atoms with E-state index in [1.54, 1.807) is 24.3 Å². The fourth-order valence-electron chi connectivity index (χ4n) is 2.40. The van der Waals surface area contributed by atoms with Crippen molar-refractivity contribution >= 4 is 29.2 Å². The predicted molar refractivity (Wildman–Crippen MR) is 106 cm³/mol. The highest BCUT2D eigenvalue weighted by Crippen LogP contribution is 2.28. The van der Waals surface area contributed by atoms with E-state index in [1.807, 2.05) is 50.2 Å². The van der Waals surface area contributed by atoms with Gasteiger partial charge in [0.1, 0.15) is 22.1 Å². The number of esters is 1. The quantitative estimate of drug-likeness (QED) is 0.517. The van der Waals surface area contributed by atoms with E-state index in [2.05, 4.69) is 0 Å². The Morgan fingerprint density at radius 3 is 2.33 bits per heavy atom. The van der Waals surface area contributed by atoms with Gasteiger partial charge >= 0.3 is 5.97 Å². The summed E-state index contributed by atoms with van der Waals surface area (Å²) in [5, 5.41) is 9.48. The lowest BCUT2D eigenvalue weighted by Crippen LogP contribution is -2.22. The Morgan fingerprint density at radius 1 is 1.07 bits per heavy atom. The van der Waals surface area contributed by atoms with Crippen LogP contribution in [0.3, 0.4) is 0 Å². The molecular formula is C21H19Cl2NO3. The van der Waals surface area contributed by atoms with Gasteiger partial charge in [-0.3, -0.25) is 4.79 Å². The summed E-state index contributed by atoms with van der Waals surface area (Å²) in [6.07, 6.45) is 0.347. The Morgan fingerprint density at radius 2 is 1.74 bits per heavy atom. The summed E-state index contributed by atoms with van der Waals surface area (Å²) in [6.45, 7) is 3.68. The van der Waals surface area contributed by atoms with E-state index in [9.17, 15) is 10.1 Å². The molecular weight excluding hydrogens is 385 g/mol. The van der Waals surface area contributed by atoms with Crippen molar-refractivity contribution in [3.8, 4) is 17.6 Å². The first kappa shape index (κ1) is 20.8. The summed E-state index contributed by atoms with van der Waals surface area (Å²) in [4.78, 5) is 12.5. The van der Waals surface area contributed by atoms with Gasteiger partial charge in [0.15, 0.2) is 0 Å². The summed E-state index contributed by atoms with van der Waals surface area (Å²) < 4.78 is 11.1. The molecule has 2 aromatic carbocycles. The molecule has 0 aromatic heterocycles. The molecule has 6 heteroatoms. The summed E-state index contributed by atoms with van der Waals surface area (Å²) in [5.41, 5.74) is 0.516. The predicted octanol–water partition coefficient (Wildman–Crippen LogP) is 6.18. The third-order valence-corrected chi connectivity index (χ3v) is 4.04. The summed E-state index contributed by atoms with van der Waals surface area (Å²) in [6, 6.07) is 18.1. The van der Waals surface area contributed by atoms with E-state index in [-0.39, 0.29) is 10.4 Å². The van der Waals surface area contributed by atoms with Crippen LogP contribution < -0.4 is 4.74 Å². The largest absolute Gasteiger partial charge is 0.457 e. The van der Waals surface area contributed by atoms with Crippen molar-refractivity contribution in [1.82, 2.24) is 0 Å². The lowest BCUT2D eigenvalue weighted by Gasteiger charge is -2.19. The van der Waals surface area contributed by atoms with E-state index in [0.29, 0.717) is 17.1 Å². The second kappa shape index (κ2) is 10.0. The third-order valence-electron chi connectivity index (χ3n) is 3.79. The van der Waals surface area contributed by atoms with Gasteiger partial charge in [-0.1, -0.05) is 67.4 Å². The highest BCUT2D eigenvalue weighted by molar-refractivity contribution is 6.55. The van der Waals surface area contributed by atoms with Gasteiger partial charge < -0.3 is 9.47 Å². The minimum Gasteiger partial charge on any atom is -0.457 e. The normalized spacial score (nSPS) is 12.6. The Kier molecular flexibility index (Phi) is 7.72. The molecule has 4 nitrogen and oxygen atoms in total. The first-order valence-electron chi connectivity index (χ1n) is 8.36. The lowest BCUT2D eigenvalue weighted by molar-refractivity contribution is -0.151. The van der Waals surface area contributed by atoms with Gasteiger partial charge in [0.2, 0.25) is 6.10 Å². The average molecular weight is 404 g/mol. The molecule has 2 rings (SSSR count). The number of carbonyl (C=O) groups is 1. The van der Waals surface area contributed by atoms with Crippen LogP contribution in [0.1, 0.15) is 25.5 Å². The van der Waals surface area contributed by atoms with E-state index in [0.717, 1.165) is 0 Å². The number of hydrogen-bond acceptors (Lipinski definition) is 4. The fourth-order valence-corrected chi connectivity index (χ4v) is 2.67. The van der Waals surface area contributed by atoms with Gasteiger partial charge in [0, 0.05) is 5.56 Å². The molecule has 0 bridgehead atoms. The SMILES string of the molecule is CC(C)C(C=C(Cl)Cl)C(=O)OC(C#N)c1cccc(Oc2ccccc2)c1. The van der Waals surface area contributed by atoms with Crippen molar-refractivity contribution in [3.05, 3.63) is 70.7 Å². The van der Waals surface area contributed by atoms with E-state index in [1.165, 1.54) is 6.08 Å². The molecule has 0 saturated carbocycles. The number of nitrogens with zero attached hydrogens (tertiary/aromatic N) is 1. The zero-order valence-corrected chi connectivity index (χ0v) is 16.4. The minimum atomic E-state index is -1.07. The van der Waals surface area contributed by atoms with E-state index in [4.69, 9.17) is 32.7 Å². The van der Waals surface area contributed by atoms with Crippen molar-refractivity contribution < 1.29 is 14.3 Å². The van der Waals surface area contributed by atoms with Crippen LogP contribution in [-0.4, -0.2) is 5.97 Å². The highest BCUT2D eigenvalue weighted by Gasteiger charge is 2.26. The van der Waals surface area contributed by atoms with Crippen LogP contribution in [0, 0.1) is 23.2 Å². The van der Waals surface area contributed by atoms with Gasteiger partial charge in [0.25, 0.3) is 0 Å². The molecule has 27 heavy (non-hydrogen) atoms. The number of carbonyl (C=O) groups excluding carboxylic acids is 1. The molecule has 140 valence electrons. The number of ether oxygens (including phenoxy) is 2. The van der Waals surface area contributed by atoms with Crippen molar-refractivity contribution in [2.45, 2.75) is 20.0 Å². The van der Waals surface area contributed by atoms with Crippen LogP contribution in [-0.2, 0) is 9.53 Å². The first-order valence-corrected chi connectivity index (χ1v) is 9.12. The van der Waals surface area contributed by atoms with Gasteiger partial charge in [-0.25, -0.2) is 0 Å². The molecule has 0 saturated heterocycles. The topological polar surface area (TPSA) is 59.3 Å². The second-order valence-electron chi connectivity index (χ2n) is 6.16. The number of hydrogen-bond donors (Lipinski definition) is 0. The summed E-state index contributed by atoms with van der Waals surface area (Å²) in [5.74, 6) is -0.0857. The van der Waals surface area contributed by atoms with Gasteiger partial charge in [-0.05, 0) is 36.3 Å². The Labute approximate surface area is 168 Å². The van der Waals surface area contributed by atoms with Crippen molar-refractivity contribution in [2.24, 2.45) is 11.8 Å². The third kappa shape index (κ3) is 6.32. The number of nitriles is 1. The number of para-hydroxylation sites is 1. The maximum atomic E-state index is 12.5. The molecule has 2 unspecified atom stereocenters.